The first kappa shape index (κ1) is 14.3. The zero-order valence-corrected chi connectivity index (χ0v) is 12.6. The second-order valence-electron chi connectivity index (χ2n) is 4.57. The predicted octanol–water partition coefficient (Wildman–Crippen LogP) is 2.03. The number of thiazole rings is 1. The summed E-state index contributed by atoms with van der Waals surface area (Å²) in [6.07, 6.45) is 0. The van der Waals surface area contributed by atoms with Gasteiger partial charge >= 0.3 is 0 Å². The minimum absolute atomic E-state index is 0.117. The summed E-state index contributed by atoms with van der Waals surface area (Å²) in [5.41, 5.74) is 11.0. The lowest BCUT2D eigenvalue weighted by atomic mass is 10.1. The van der Waals surface area contributed by atoms with Crippen molar-refractivity contribution in [2.75, 3.05) is 24.7 Å². The van der Waals surface area contributed by atoms with E-state index in [2.05, 4.69) is 10.3 Å². The van der Waals surface area contributed by atoms with Gasteiger partial charge in [0.15, 0.2) is 0 Å². The van der Waals surface area contributed by atoms with Crippen LogP contribution in [0.3, 0.4) is 0 Å². The molecule has 2 aromatic rings. The SMILES string of the molecule is CNC(=O)c1ccc(N)c(N(C)Cc2scnc2C)c1. The number of anilines is 2. The second-order valence-corrected chi connectivity index (χ2v) is 5.51. The summed E-state index contributed by atoms with van der Waals surface area (Å²) >= 11 is 1.62. The number of carbonyl (C=O) groups is 1. The molecular weight excluding hydrogens is 272 g/mol. The lowest BCUT2D eigenvalue weighted by Crippen LogP contribution is -2.21. The van der Waals surface area contributed by atoms with Gasteiger partial charge in [0.25, 0.3) is 5.91 Å². The molecule has 0 aliphatic rings. The normalized spacial score (nSPS) is 10.3. The van der Waals surface area contributed by atoms with E-state index in [0.29, 0.717) is 11.3 Å². The number of nitrogens with one attached hydrogen (secondary N) is 1. The molecule has 0 fully saturated rings. The largest absolute Gasteiger partial charge is 0.397 e. The van der Waals surface area contributed by atoms with Gasteiger partial charge in [0.2, 0.25) is 0 Å². The second kappa shape index (κ2) is 5.92. The third-order valence-corrected chi connectivity index (χ3v) is 4.08. The number of benzene rings is 1. The van der Waals surface area contributed by atoms with Crippen molar-refractivity contribution in [1.29, 1.82) is 0 Å². The number of hydrogen-bond donors (Lipinski definition) is 2. The van der Waals surface area contributed by atoms with Gasteiger partial charge in [-0.15, -0.1) is 11.3 Å². The lowest BCUT2D eigenvalue weighted by Gasteiger charge is -2.21. The first-order valence-electron chi connectivity index (χ1n) is 6.24. The van der Waals surface area contributed by atoms with Gasteiger partial charge in [-0.3, -0.25) is 4.79 Å². The maximum Gasteiger partial charge on any atom is 0.251 e. The number of nitrogen functional groups attached to an aromatic ring is 1. The summed E-state index contributed by atoms with van der Waals surface area (Å²) in [5.74, 6) is -0.117. The van der Waals surface area contributed by atoms with Crippen LogP contribution in [0.2, 0.25) is 0 Å². The molecule has 0 saturated carbocycles. The third kappa shape index (κ3) is 2.91. The van der Waals surface area contributed by atoms with Crippen LogP contribution in [0.4, 0.5) is 11.4 Å². The molecular formula is C14H18N4OS. The summed E-state index contributed by atoms with van der Waals surface area (Å²) in [6.45, 7) is 2.71. The van der Waals surface area contributed by atoms with Gasteiger partial charge in [-0.2, -0.15) is 0 Å². The fourth-order valence-electron chi connectivity index (χ4n) is 1.94. The molecule has 3 N–H and O–H groups in total. The van der Waals surface area contributed by atoms with E-state index < -0.39 is 0 Å². The van der Waals surface area contributed by atoms with E-state index in [1.807, 2.05) is 30.4 Å². The van der Waals surface area contributed by atoms with E-state index in [1.165, 1.54) is 4.88 Å². The van der Waals surface area contributed by atoms with E-state index in [4.69, 9.17) is 5.73 Å². The van der Waals surface area contributed by atoms with Gasteiger partial charge < -0.3 is 16.0 Å². The Labute approximate surface area is 122 Å². The van der Waals surface area contributed by atoms with Crippen LogP contribution in [-0.4, -0.2) is 25.0 Å². The van der Waals surface area contributed by atoms with Gasteiger partial charge in [0.1, 0.15) is 0 Å². The molecule has 0 bridgehead atoms. The standard InChI is InChI=1S/C14H18N4OS/c1-9-13(20-8-17-9)7-18(3)12-6-10(14(19)16-2)4-5-11(12)15/h4-6,8H,7,15H2,1-3H3,(H,16,19). The topological polar surface area (TPSA) is 71.2 Å². The molecule has 0 spiro atoms. The molecule has 1 aromatic carbocycles. The number of nitrogens with zero attached hydrogens (tertiary/aromatic N) is 2. The van der Waals surface area contributed by atoms with Crippen LogP contribution in [0.5, 0.6) is 0 Å². The summed E-state index contributed by atoms with van der Waals surface area (Å²) < 4.78 is 0. The molecule has 1 amide bonds. The van der Waals surface area contributed by atoms with Crippen molar-refractivity contribution in [3.05, 3.63) is 39.8 Å². The quantitative estimate of drug-likeness (QED) is 0.845. The highest BCUT2D eigenvalue weighted by atomic mass is 32.1. The maximum absolute atomic E-state index is 11.7. The van der Waals surface area contributed by atoms with Crippen LogP contribution < -0.4 is 16.0 Å². The van der Waals surface area contributed by atoms with E-state index in [0.717, 1.165) is 17.9 Å². The minimum Gasteiger partial charge on any atom is -0.397 e. The molecule has 106 valence electrons. The Balaban J connectivity index is 2.27. The van der Waals surface area contributed by atoms with Gasteiger partial charge in [0, 0.05) is 24.5 Å². The monoisotopic (exact) mass is 290 g/mol. The molecule has 20 heavy (non-hydrogen) atoms. The number of hydrogen-bond acceptors (Lipinski definition) is 5. The van der Waals surface area contributed by atoms with Gasteiger partial charge in [-0.1, -0.05) is 0 Å². The maximum atomic E-state index is 11.7. The van der Waals surface area contributed by atoms with Gasteiger partial charge in [0.05, 0.1) is 29.1 Å². The summed E-state index contributed by atoms with van der Waals surface area (Å²) in [5, 5.41) is 2.62. The first-order valence-corrected chi connectivity index (χ1v) is 7.12. The Morgan fingerprint density at radius 1 is 1.50 bits per heavy atom. The van der Waals surface area contributed by atoms with E-state index >= 15 is 0 Å². The molecule has 0 aliphatic carbocycles. The molecule has 0 unspecified atom stereocenters. The van der Waals surface area contributed by atoms with Crippen LogP contribution in [0.25, 0.3) is 0 Å². The Morgan fingerprint density at radius 3 is 2.85 bits per heavy atom. The molecule has 0 saturated heterocycles. The summed E-state index contributed by atoms with van der Waals surface area (Å²) in [4.78, 5) is 19.2. The fraction of sp³-hybridized carbons (Fsp3) is 0.286. The Morgan fingerprint density at radius 2 is 2.25 bits per heavy atom. The molecule has 2 rings (SSSR count). The average Bonchev–Trinajstić information content (AvgIpc) is 2.83. The van der Waals surface area contributed by atoms with Gasteiger partial charge in [-0.05, 0) is 25.1 Å². The average molecular weight is 290 g/mol. The van der Waals surface area contributed by atoms with Crippen molar-refractivity contribution in [3.63, 3.8) is 0 Å². The highest BCUT2D eigenvalue weighted by molar-refractivity contribution is 7.09. The number of aryl methyl sites for hydroxylation is 1. The molecule has 1 aromatic heterocycles. The number of carbonyl (C=O) groups excluding carboxylic acids is 1. The molecule has 6 heteroatoms. The summed E-state index contributed by atoms with van der Waals surface area (Å²) in [7, 11) is 3.57. The molecule has 1 heterocycles. The van der Waals surface area contributed by atoms with Crippen molar-refractivity contribution in [3.8, 4) is 0 Å². The highest BCUT2D eigenvalue weighted by Gasteiger charge is 2.12. The first-order chi connectivity index (χ1) is 9.52. The smallest absolute Gasteiger partial charge is 0.251 e. The molecule has 0 atom stereocenters. The lowest BCUT2D eigenvalue weighted by molar-refractivity contribution is 0.0963. The van der Waals surface area contributed by atoms with Crippen molar-refractivity contribution in [2.24, 2.45) is 0 Å². The van der Waals surface area contributed by atoms with E-state index in [1.54, 1.807) is 30.5 Å². The van der Waals surface area contributed by atoms with Crippen LogP contribution in [-0.2, 0) is 6.54 Å². The number of nitrogens with two attached hydrogens (primary N) is 1. The Kier molecular flexibility index (Phi) is 4.24. The third-order valence-electron chi connectivity index (χ3n) is 3.16. The Hall–Kier alpha value is -2.08. The van der Waals surface area contributed by atoms with Crippen LogP contribution in [0, 0.1) is 6.92 Å². The Bertz CT molecular complexity index is 623. The number of aromatic nitrogens is 1. The van der Waals surface area contributed by atoms with Crippen molar-refractivity contribution in [2.45, 2.75) is 13.5 Å². The van der Waals surface area contributed by atoms with Crippen LogP contribution in [0.1, 0.15) is 20.9 Å². The predicted molar refractivity (Wildman–Crippen MR) is 83.2 cm³/mol. The van der Waals surface area contributed by atoms with Crippen LogP contribution >= 0.6 is 11.3 Å². The molecule has 5 nitrogen and oxygen atoms in total. The van der Waals surface area contributed by atoms with Crippen molar-refractivity contribution in [1.82, 2.24) is 10.3 Å². The van der Waals surface area contributed by atoms with Crippen LogP contribution in [0.15, 0.2) is 23.7 Å². The van der Waals surface area contributed by atoms with E-state index in [-0.39, 0.29) is 5.91 Å². The highest BCUT2D eigenvalue weighted by Crippen LogP contribution is 2.26. The molecule has 0 radical (unpaired) electrons. The zero-order valence-electron chi connectivity index (χ0n) is 11.8. The van der Waals surface area contributed by atoms with Gasteiger partial charge in [-0.25, -0.2) is 4.98 Å². The molecule has 0 aliphatic heterocycles. The zero-order chi connectivity index (χ0) is 14.7. The summed E-state index contributed by atoms with van der Waals surface area (Å²) in [6, 6.07) is 5.30. The van der Waals surface area contributed by atoms with Crippen molar-refractivity contribution >= 4 is 28.6 Å². The number of rotatable bonds is 4. The number of amides is 1. The van der Waals surface area contributed by atoms with E-state index in [9.17, 15) is 4.79 Å². The minimum atomic E-state index is -0.117. The van der Waals surface area contributed by atoms with Crippen molar-refractivity contribution < 1.29 is 4.79 Å². The fourth-order valence-corrected chi connectivity index (χ4v) is 2.77.